The lowest BCUT2D eigenvalue weighted by Crippen LogP contribution is -2.44. The maximum Gasteiger partial charge on any atom is 0.331 e. The summed E-state index contributed by atoms with van der Waals surface area (Å²) in [7, 11) is 1.39. The highest BCUT2D eigenvalue weighted by Crippen LogP contribution is 2.17. The Morgan fingerprint density at radius 2 is 2.00 bits per heavy atom. The Morgan fingerprint density at radius 1 is 1.26 bits per heavy atom. The van der Waals surface area contributed by atoms with Gasteiger partial charge in [0.05, 0.1) is 7.11 Å². The lowest BCUT2D eigenvalue weighted by Gasteiger charge is -2.35. The molecule has 1 fully saturated rings. The molecule has 2 rings (SSSR count). The van der Waals surface area contributed by atoms with Crippen LogP contribution in [0, 0.1) is 6.92 Å². The van der Waals surface area contributed by atoms with E-state index >= 15 is 0 Å². The van der Waals surface area contributed by atoms with E-state index in [0.29, 0.717) is 0 Å². The molecule has 0 N–H and O–H groups in total. The Labute approximate surface area is 114 Å². The van der Waals surface area contributed by atoms with Crippen molar-refractivity contribution in [1.82, 2.24) is 4.90 Å². The van der Waals surface area contributed by atoms with Crippen LogP contribution in [0.15, 0.2) is 36.5 Å². The molecule has 0 saturated carbocycles. The predicted octanol–water partition coefficient (Wildman–Crippen LogP) is 1.80. The van der Waals surface area contributed by atoms with Crippen LogP contribution >= 0.6 is 0 Å². The van der Waals surface area contributed by atoms with Gasteiger partial charge < -0.3 is 14.5 Å². The van der Waals surface area contributed by atoms with Gasteiger partial charge in [-0.05, 0) is 24.6 Å². The second-order valence-corrected chi connectivity index (χ2v) is 4.70. The van der Waals surface area contributed by atoms with Crippen molar-refractivity contribution in [3.8, 4) is 0 Å². The smallest absolute Gasteiger partial charge is 0.331 e. The normalized spacial score (nSPS) is 15.9. The van der Waals surface area contributed by atoms with Crippen molar-refractivity contribution >= 4 is 11.7 Å². The molecule has 0 spiro atoms. The molecule has 0 unspecified atom stereocenters. The molecular formula is C15H20N2O2. The Bertz CT molecular complexity index is 463. The van der Waals surface area contributed by atoms with E-state index in [2.05, 4.69) is 45.7 Å². The summed E-state index contributed by atoms with van der Waals surface area (Å²) in [6.45, 7) is 5.88. The van der Waals surface area contributed by atoms with Crippen LogP contribution < -0.4 is 4.90 Å². The third-order valence-corrected chi connectivity index (χ3v) is 3.30. The van der Waals surface area contributed by atoms with Gasteiger partial charge in [-0.2, -0.15) is 0 Å². The van der Waals surface area contributed by atoms with Crippen LogP contribution in [0.5, 0.6) is 0 Å². The van der Waals surface area contributed by atoms with E-state index in [9.17, 15) is 4.79 Å². The van der Waals surface area contributed by atoms with E-state index in [-0.39, 0.29) is 5.97 Å². The van der Waals surface area contributed by atoms with E-state index in [1.54, 1.807) is 0 Å². The van der Waals surface area contributed by atoms with Crippen LogP contribution in [0.4, 0.5) is 5.69 Å². The molecule has 1 aromatic rings. The van der Waals surface area contributed by atoms with Crippen LogP contribution in [-0.4, -0.2) is 44.2 Å². The summed E-state index contributed by atoms with van der Waals surface area (Å²) in [5.74, 6) is -0.305. The number of methoxy groups -OCH3 is 1. The Balaban J connectivity index is 1.89. The number of hydrogen-bond donors (Lipinski definition) is 0. The lowest BCUT2D eigenvalue weighted by molar-refractivity contribution is -0.134. The molecule has 1 aliphatic heterocycles. The van der Waals surface area contributed by atoms with Gasteiger partial charge >= 0.3 is 5.97 Å². The van der Waals surface area contributed by atoms with E-state index in [1.807, 2.05) is 6.20 Å². The van der Waals surface area contributed by atoms with Crippen molar-refractivity contribution in [2.24, 2.45) is 0 Å². The Kier molecular flexibility index (Phi) is 4.44. The van der Waals surface area contributed by atoms with Gasteiger partial charge in [-0.25, -0.2) is 4.79 Å². The van der Waals surface area contributed by atoms with Gasteiger partial charge in [0.1, 0.15) is 0 Å². The zero-order chi connectivity index (χ0) is 13.7. The number of rotatable bonds is 3. The summed E-state index contributed by atoms with van der Waals surface area (Å²) in [5.41, 5.74) is 2.56. The van der Waals surface area contributed by atoms with Crippen LogP contribution in [0.1, 0.15) is 5.56 Å². The quantitative estimate of drug-likeness (QED) is 0.613. The van der Waals surface area contributed by atoms with Gasteiger partial charge in [0, 0.05) is 44.1 Å². The number of ether oxygens (including phenoxy) is 1. The summed E-state index contributed by atoms with van der Waals surface area (Å²) >= 11 is 0. The van der Waals surface area contributed by atoms with Crippen molar-refractivity contribution in [2.75, 3.05) is 38.2 Å². The van der Waals surface area contributed by atoms with Crippen LogP contribution in [0.3, 0.4) is 0 Å². The summed E-state index contributed by atoms with van der Waals surface area (Å²) in [5, 5.41) is 0. The first-order valence-electron chi connectivity index (χ1n) is 6.51. The number of benzene rings is 1. The molecule has 102 valence electrons. The zero-order valence-electron chi connectivity index (χ0n) is 11.5. The molecular weight excluding hydrogens is 240 g/mol. The number of aryl methyl sites for hydroxylation is 1. The Morgan fingerprint density at radius 3 is 2.63 bits per heavy atom. The second-order valence-electron chi connectivity index (χ2n) is 4.70. The summed E-state index contributed by atoms with van der Waals surface area (Å²) in [4.78, 5) is 15.5. The van der Waals surface area contributed by atoms with Crippen molar-refractivity contribution < 1.29 is 9.53 Å². The van der Waals surface area contributed by atoms with E-state index < -0.39 is 0 Å². The summed E-state index contributed by atoms with van der Waals surface area (Å²) in [6.07, 6.45) is 3.29. The topological polar surface area (TPSA) is 32.8 Å². The maximum atomic E-state index is 11.0. The molecule has 19 heavy (non-hydrogen) atoms. The predicted molar refractivity (Wildman–Crippen MR) is 76.1 cm³/mol. The van der Waals surface area contributed by atoms with Crippen LogP contribution in [0.25, 0.3) is 0 Å². The molecule has 0 bridgehead atoms. The number of anilines is 1. The molecule has 0 atom stereocenters. The zero-order valence-corrected chi connectivity index (χ0v) is 11.5. The largest absolute Gasteiger partial charge is 0.466 e. The maximum absolute atomic E-state index is 11.0. The first-order chi connectivity index (χ1) is 9.19. The number of carbonyl (C=O) groups excluding carboxylic acids is 1. The van der Waals surface area contributed by atoms with Crippen molar-refractivity contribution in [3.05, 3.63) is 42.1 Å². The molecule has 0 radical (unpaired) electrons. The third kappa shape index (κ3) is 3.74. The minimum atomic E-state index is -0.305. The molecule has 1 aromatic carbocycles. The van der Waals surface area contributed by atoms with Gasteiger partial charge in [-0.3, -0.25) is 0 Å². The third-order valence-electron chi connectivity index (χ3n) is 3.30. The van der Waals surface area contributed by atoms with Gasteiger partial charge in [0.2, 0.25) is 0 Å². The molecule has 0 amide bonds. The summed E-state index contributed by atoms with van der Waals surface area (Å²) in [6, 6.07) is 8.56. The SMILES string of the molecule is COC(=O)C=CN1CCN(c2cccc(C)c2)CC1. The molecule has 1 heterocycles. The molecule has 4 heteroatoms. The summed E-state index contributed by atoms with van der Waals surface area (Å²) < 4.78 is 4.58. The van der Waals surface area contributed by atoms with Gasteiger partial charge in [-0.1, -0.05) is 12.1 Å². The number of nitrogens with zero attached hydrogens (tertiary/aromatic N) is 2. The first-order valence-corrected chi connectivity index (χ1v) is 6.51. The fourth-order valence-corrected chi connectivity index (χ4v) is 2.19. The number of esters is 1. The number of piperazine rings is 1. The molecule has 0 aliphatic carbocycles. The standard InChI is InChI=1S/C15H20N2O2/c1-13-4-3-5-14(12-13)17-10-8-16(9-11-17)7-6-15(18)19-2/h3-7,12H,8-11H2,1-2H3. The molecule has 0 aromatic heterocycles. The monoisotopic (exact) mass is 260 g/mol. The highest BCUT2D eigenvalue weighted by molar-refractivity contribution is 5.81. The fourth-order valence-electron chi connectivity index (χ4n) is 2.19. The second kappa shape index (κ2) is 6.27. The lowest BCUT2D eigenvalue weighted by atomic mass is 10.2. The van der Waals surface area contributed by atoms with Gasteiger partial charge in [-0.15, -0.1) is 0 Å². The highest BCUT2D eigenvalue weighted by atomic mass is 16.5. The van der Waals surface area contributed by atoms with Gasteiger partial charge in [0.25, 0.3) is 0 Å². The minimum Gasteiger partial charge on any atom is -0.466 e. The molecule has 4 nitrogen and oxygen atoms in total. The van der Waals surface area contributed by atoms with Crippen molar-refractivity contribution in [3.63, 3.8) is 0 Å². The fraction of sp³-hybridized carbons (Fsp3) is 0.400. The highest BCUT2D eigenvalue weighted by Gasteiger charge is 2.14. The minimum absolute atomic E-state index is 0.305. The Hall–Kier alpha value is -1.97. The van der Waals surface area contributed by atoms with Crippen molar-refractivity contribution in [1.29, 1.82) is 0 Å². The molecule has 1 saturated heterocycles. The van der Waals surface area contributed by atoms with E-state index in [0.717, 1.165) is 26.2 Å². The average molecular weight is 260 g/mol. The first kappa shape index (κ1) is 13.5. The van der Waals surface area contributed by atoms with Crippen molar-refractivity contribution in [2.45, 2.75) is 6.92 Å². The number of carbonyl (C=O) groups is 1. The van der Waals surface area contributed by atoms with Gasteiger partial charge in [0.15, 0.2) is 0 Å². The van der Waals surface area contributed by atoms with E-state index in [1.165, 1.54) is 24.4 Å². The van der Waals surface area contributed by atoms with Crippen LogP contribution in [-0.2, 0) is 9.53 Å². The van der Waals surface area contributed by atoms with Crippen LogP contribution in [0.2, 0.25) is 0 Å². The van der Waals surface area contributed by atoms with E-state index in [4.69, 9.17) is 0 Å². The molecule has 1 aliphatic rings. The number of hydrogen-bond acceptors (Lipinski definition) is 4. The average Bonchev–Trinajstić information content (AvgIpc) is 2.45.